The van der Waals surface area contributed by atoms with Crippen molar-refractivity contribution in [1.82, 2.24) is 5.32 Å². The third kappa shape index (κ3) is 5.21. The largest absolute Gasteiger partial charge is 0.490 e. The minimum Gasteiger partial charge on any atom is -0.475 e. The minimum atomic E-state index is -5.08. The Kier molecular flexibility index (Phi) is 5.06. The summed E-state index contributed by atoms with van der Waals surface area (Å²) in [5, 5.41) is 10.0. The molecule has 0 aliphatic carbocycles. The van der Waals surface area contributed by atoms with Crippen LogP contribution in [-0.4, -0.2) is 42.9 Å². The number of carbonyl (C=O) groups is 2. The van der Waals surface area contributed by atoms with Gasteiger partial charge < -0.3 is 15.2 Å². The number of aliphatic carboxylic acids is 1. The van der Waals surface area contributed by atoms with Crippen LogP contribution in [0.3, 0.4) is 0 Å². The number of hydrogen-bond acceptors (Lipinski definition) is 4. The number of rotatable bonds is 1. The van der Waals surface area contributed by atoms with Crippen LogP contribution < -0.4 is 5.32 Å². The molecule has 1 atom stereocenters. The maximum absolute atomic E-state index is 10.6. The summed E-state index contributed by atoms with van der Waals surface area (Å²) in [5.74, 6) is -2.90. The van der Waals surface area contributed by atoms with Crippen molar-refractivity contribution in [2.24, 2.45) is 0 Å². The Morgan fingerprint density at radius 2 is 1.87 bits per heavy atom. The summed E-state index contributed by atoms with van der Waals surface area (Å²) in [5.41, 5.74) is 0. The molecule has 0 radical (unpaired) electrons. The van der Waals surface area contributed by atoms with Crippen molar-refractivity contribution in [3.63, 3.8) is 0 Å². The van der Waals surface area contributed by atoms with Gasteiger partial charge in [-0.2, -0.15) is 13.2 Å². The summed E-state index contributed by atoms with van der Waals surface area (Å²) in [6.45, 7) is 0.944. The number of esters is 1. The van der Waals surface area contributed by atoms with Crippen molar-refractivity contribution in [3.8, 4) is 0 Å². The SMILES string of the molecule is COC(=O)C1CCN1.O=C(O)C(F)(F)F. The minimum absolute atomic E-state index is 0.0139. The van der Waals surface area contributed by atoms with Gasteiger partial charge in [0.15, 0.2) is 0 Å². The molecule has 1 heterocycles. The molecule has 0 aromatic rings. The normalized spacial score (nSPS) is 19.3. The molecule has 0 spiro atoms. The van der Waals surface area contributed by atoms with Gasteiger partial charge in [0.05, 0.1) is 7.11 Å². The van der Waals surface area contributed by atoms with Gasteiger partial charge in [-0.1, -0.05) is 0 Å². The molecule has 15 heavy (non-hydrogen) atoms. The third-order valence-electron chi connectivity index (χ3n) is 1.55. The topological polar surface area (TPSA) is 75.6 Å². The van der Waals surface area contributed by atoms with Gasteiger partial charge in [-0.3, -0.25) is 4.79 Å². The lowest BCUT2D eigenvalue weighted by atomic mass is 10.1. The van der Waals surface area contributed by atoms with Crippen LogP contribution in [-0.2, 0) is 14.3 Å². The highest BCUT2D eigenvalue weighted by atomic mass is 19.4. The molecule has 0 amide bonds. The fraction of sp³-hybridized carbons (Fsp3) is 0.714. The van der Waals surface area contributed by atoms with Crippen LogP contribution in [0.4, 0.5) is 13.2 Å². The van der Waals surface area contributed by atoms with Crippen LogP contribution in [0.1, 0.15) is 6.42 Å². The monoisotopic (exact) mass is 229 g/mol. The predicted molar refractivity (Wildman–Crippen MR) is 42.1 cm³/mol. The number of carboxylic acid groups (broad SMARTS) is 1. The lowest BCUT2D eigenvalue weighted by Crippen LogP contribution is -2.48. The summed E-state index contributed by atoms with van der Waals surface area (Å²) in [7, 11) is 1.41. The molecule has 1 rings (SSSR count). The van der Waals surface area contributed by atoms with E-state index in [1.54, 1.807) is 0 Å². The molecule has 5 nitrogen and oxygen atoms in total. The maximum atomic E-state index is 10.6. The molecule has 1 aliphatic rings. The standard InChI is InChI=1S/C5H9NO2.C2HF3O2/c1-8-5(7)4-2-3-6-4;3-2(4,5)1(6)7/h4,6H,2-3H2,1H3;(H,6,7). The smallest absolute Gasteiger partial charge is 0.475 e. The molecule has 0 aromatic carbocycles. The fourth-order valence-corrected chi connectivity index (χ4v) is 0.632. The van der Waals surface area contributed by atoms with Gasteiger partial charge in [0, 0.05) is 0 Å². The van der Waals surface area contributed by atoms with E-state index in [1.165, 1.54) is 7.11 Å². The Hall–Kier alpha value is -1.31. The number of hydrogen-bond donors (Lipinski definition) is 2. The van der Waals surface area contributed by atoms with Crippen LogP contribution >= 0.6 is 0 Å². The lowest BCUT2D eigenvalue weighted by Gasteiger charge is -2.24. The van der Waals surface area contributed by atoms with E-state index in [0.29, 0.717) is 0 Å². The average molecular weight is 229 g/mol. The van der Waals surface area contributed by atoms with Crippen LogP contribution in [0.25, 0.3) is 0 Å². The number of methoxy groups -OCH3 is 1. The predicted octanol–water partition coefficient (Wildman–Crippen LogP) is 0.155. The van der Waals surface area contributed by atoms with Crippen LogP contribution in [0.2, 0.25) is 0 Å². The van der Waals surface area contributed by atoms with Gasteiger partial charge in [-0.15, -0.1) is 0 Å². The molecule has 8 heteroatoms. The zero-order valence-corrected chi connectivity index (χ0v) is 7.80. The van der Waals surface area contributed by atoms with Crippen molar-refractivity contribution in [1.29, 1.82) is 0 Å². The lowest BCUT2D eigenvalue weighted by molar-refractivity contribution is -0.192. The zero-order chi connectivity index (χ0) is 12.1. The summed E-state index contributed by atoms with van der Waals surface area (Å²) in [4.78, 5) is 19.4. The molecule has 0 bridgehead atoms. The number of carboxylic acids is 1. The number of nitrogens with one attached hydrogen (secondary N) is 1. The van der Waals surface area contributed by atoms with Crippen molar-refractivity contribution in [2.45, 2.75) is 18.6 Å². The van der Waals surface area contributed by atoms with Gasteiger partial charge in [0.1, 0.15) is 6.04 Å². The first-order valence-corrected chi connectivity index (χ1v) is 3.90. The second kappa shape index (κ2) is 5.54. The first-order valence-electron chi connectivity index (χ1n) is 3.90. The Morgan fingerprint density at radius 1 is 1.47 bits per heavy atom. The van der Waals surface area contributed by atoms with Crippen molar-refractivity contribution in [3.05, 3.63) is 0 Å². The fourth-order valence-electron chi connectivity index (χ4n) is 0.632. The van der Waals surface area contributed by atoms with E-state index in [0.717, 1.165) is 13.0 Å². The molecule has 2 N–H and O–H groups in total. The second-order valence-electron chi connectivity index (χ2n) is 2.62. The van der Waals surface area contributed by atoms with E-state index in [9.17, 15) is 18.0 Å². The van der Waals surface area contributed by atoms with Crippen LogP contribution in [0.5, 0.6) is 0 Å². The van der Waals surface area contributed by atoms with Gasteiger partial charge in [0.25, 0.3) is 0 Å². The first kappa shape index (κ1) is 13.7. The molecule has 1 saturated heterocycles. The highest BCUT2D eigenvalue weighted by Crippen LogP contribution is 2.13. The summed E-state index contributed by atoms with van der Waals surface area (Å²) in [6.07, 6.45) is -4.16. The van der Waals surface area contributed by atoms with Gasteiger partial charge >= 0.3 is 18.1 Å². The van der Waals surface area contributed by atoms with Crippen LogP contribution in [0.15, 0.2) is 0 Å². The van der Waals surface area contributed by atoms with Gasteiger partial charge in [-0.25, -0.2) is 4.79 Å². The Morgan fingerprint density at radius 3 is 1.93 bits per heavy atom. The first-order chi connectivity index (χ1) is 6.79. The number of halogens is 3. The van der Waals surface area contributed by atoms with Crippen molar-refractivity contribution >= 4 is 11.9 Å². The molecular weight excluding hydrogens is 219 g/mol. The van der Waals surface area contributed by atoms with E-state index in [-0.39, 0.29) is 12.0 Å². The second-order valence-corrected chi connectivity index (χ2v) is 2.62. The Balaban J connectivity index is 0.000000265. The molecule has 0 aromatic heterocycles. The molecule has 1 aliphatic heterocycles. The van der Waals surface area contributed by atoms with E-state index < -0.39 is 12.1 Å². The maximum Gasteiger partial charge on any atom is 0.490 e. The number of carbonyl (C=O) groups excluding carboxylic acids is 1. The average Bonchev–Trinajstić information content (AvgIpc) is 2.00. The van der Waals surface area contributed by atoms with Crippen molar-refractivity contribution < 1.29 is 32.6 Å². The van der Waals surface area contributed by atoms with Gasteiger partial charge in [0.2, 0.25) is 0 Å². The number of ether oxygens (including phenoxy) is 1. The van der Waals surface area contributed by atoms with Crippen LogP contribution in [0, 0.1) is 0 Å². The summed E-state index contributed by atoms with van der Waals surface area (Å²) in [6, 6.07) is -0.0139. The summed E-state index contributed by atoms with van der Waals surface area (Å²) < 4.78 is 36.2. The molecule has 88 valence electrons. The Labute approximate surface area is 83.2 Å². The molecular formula is C7H10F3NO4. The quantitative estimate of drug-likeness (QED) is 0.626. The molecule has 0 saturated carbocycles. The molecule has 1 fully saturated rings. The number of alkyl halides is 3. The van der Waals surface area contributed by atoms with Crippen molar-refractivity contribution in [2.75, 3.05) is 13.7 Å². The molecule has 1 unspecified atom stereocenters. The van der Waals surface area contributed by atoms with E-state index in [4.69, 9.17) is 9.90 Å². The van der Waals surface area contributed by atoms with E-state index in [2.05, 4.69) is 10.1 Å². The third-order valence-corrected chi connectivity index (χ3v) is 1.55. The Bertz CT molecular complexity index is 237. The van der Waals surface area contributed by atoms with E-state index in [1.807, 2.05) is 0 Å². The highest BCUT2D eigenvalue weighted by molar-refractivity contribution is 5.76. The highest BCUT2D eigenvalue weighted by Gasteiger charge is 2.38. The zero-order valence-electron chi connectivity index (χ0n) is 7.80. The van der Waals surface area contributed by atoms with Gasteiger partial charge in [-0.05, 0) is 13.0 Å². The summed E-state index contributed by atoms with van der Waals surface area (Å²) >= 11 is 0. The van der Waals surface area contributed by atoms with E-state index >= 15 is 0 Å².